The van der Waals surface area contributed by atoms with Crippen molar-refractivity contribution in [2.24, 2.45) is 0 Å². The third-order valence-corrected chi connectivity index (χ3v) is 6.35. The molecule has 11 heteroatoms. The van der Waals surface area contributed by atoms with E-state index in [9.17, 15) is 26.9 Å². The number of nitrogen functional groups attached to an aromatic ring is 1. The van der Waals surface area contributed by atoms with Crippen LogP contribution in [-0.4, -0.2) is 39.3 Å². The number of hydrogen-bond donors (Lipinski definition) is 2. The van der Waals surface area contributed by atoms with Crippen molar-refractivity contribution in [2.45, 2.75) is 17.4 Å². The molecule has 0 bridgehead atoms. The number of hydrogen-bond acceptors (Lipinski definition) is 7. The van der Waals surface area contributed by atoms with Crippen molar-refractivity contribution in [1.82, 2.24) is 4.72 Å². The van der Waals surface area contributed by atoms with Crippen LogP contribution in [0.1, 0.15) is 6.42 Å². The highest BCUT2D eigenvalue weighted by molar-refractivity contribution is 7.92. The van der Waals surface area contributed by atoms with Gasteiger partial charge < -0.3 is 5.73 Å². The van der Waals surface area contributed by atoms with E-state index in [1.165, 1.54) is 0 Å². The first-order valence-electron chi connectivity index (χ1n) is 5.87. The average Bonchev–Trinajstić information content (AvgIpc) is 2.67. The Hall–Kier alpha value is -1.72. The minimum absolute atomic E-state index is 0.0669. The highest BCUT2D eigenvalue weighted by atomic mass is 32.2. The number of nitro groups is 1. The second-order valence-corrected chi connectivity index (χ2v) is 8.64. The summed E-state index contributed by atoms with van der Waals surface area (Å²) in [6, 6.07) is 2.33. The zero-order chi connectivity index (χ0) is 15.8. The SMILES string of the molecule is Nc1cc(S(=O)(=O)NC2CCS(=O)(=O)C2)ccc1[N+](=O)[O-]. The van der Waals surface area contributed by atoms with Gasteiger partial charge in [-0.15, -0.1) is 0 Å². The maximum Gasteiger partial charge on any atom is 0.292 e. The van der Waals surface area contributed by atoms with E-state index >= 15 is 0 Å². The van der Waals surface area contributed by atoms with Gasteiger partial charge in [-0.1, -0.05) is 0 Å². The molecule has 3 N–H and O–H groups in total. The summed E-state index contributed by atoms with van der Waals surface area (Å²) in [6.45, 7) is 0. The van der Waals surface area contributed by atoms with Crippen LogP contribution in [0.4, 0.5) is 11.4 Å². The van der Waals surface area contributed by atoms with Gasteiger partial charge in [-0.3, -0.25) is 10.1 Å². The Bertz CT molecular complexity index is 787. The third kappa shape index (κ3) is 3.49. The van der Waals surface area contributed by atoms with Crippen molar-refractivity contribution in [2.75, 3.05) is 17.2 Å². The van der Waals surface area contributed by atoms with Gasteiger partial charge in [0.25, 0.3) is 5.69 Å². The van der Waals surface area contributed by atoms with E-state index in [4.69, 9.17) is 5.73 Å². The molecule has 21 heavy (non-hydrogen) atoms. The molecule has 0 spiro atoms. The second-order valence-electron chi connectivity index (χ2n) is 4.70. The van der Waals surface area contributed by atoms with Crippen LogP contribution in [0.25, 0.3) is 0 Å². The Labute approximate surface area is 121 Å². The Morgan fingerprint density at radius 2 is 2.05 bits per heavy atom. The molecule has 1 saturated heterocycles. The number of sulfonamides is 1. The Morgan fingerprint density at radius 1 is 1.38 bits per heavy atom. The number of anilines is 1. The normalized spacial score (nSPS) is 21.2. The summed E-state index contributed by atoms with van der Waals surface area (Å²) >= 11 is 0. The van der Waals surface area contributed by atoms with Gasteiger partial charge in [0.05, 0.1) is 21.3 Å². The van der Waals surface area contributed by atoms with Crippen LogP contribution < -0.4 is 10.5 Å². The minimum atomic E-state index is -3.98. The van der Waals surface area contributed by atoms with E-state index in [0.717, 1.165) is 18.2 Å². The molecule has 116 valence electrons. The van der Waals surface area contributed by atoms with Crippen LogP contribution in [0.2, 0.25) is 0 Å². The number of nitrogens with zero attached hydrogens (tertiary/aromatic N) is 1. The van der Waals surface area contributed by atoms with E-state index < -0.39 is 36.5 Å². The first-order valence-corrected chi connectivity index (χ1v) is 9.18. The van der Waals surface area contributed by atoms with E-state index in [1.807, 2.05) is 0 Å². The molecule has 1 aliphatic rings. The Balaban J connectivity index is 2.24. The summed E-state index contributed by atoms with van der Waals surface area (Å²) in [7, 11) is -7.19. The summed E-state index contributed by atoms with van der Waals surface area (Å²) in [5.41, 5.74) is 4.77. The van der Waals surface area contributed by atoms with Gasteiger partial charge >= 0.3 is 0 Å². The maximum absolute atomic E-state index is 12.1. The summed E-state index contributed by atoms with van der Waals surface area (Å²) in [6.07, 6.45) is 0.198. The molecule has 0 saturated carbocycles. The van der Waals surface area contributed by atoms with Crippen LogP contribution >= 0.6 is 0 Å². The lowest BCUT2D eigenvalue weighted by Gasteiger charge is -2.11. The molecule has 0 aromatic heterocycles. The van der Waals surface area contributed by atoms with Gasteiger partial charge in [-0.25, -0.2) is 21.6 Å². The number of benzene rings is 1. The van der Waals surface area contributed by atoms with Gasteiger partial charge in [0, 0.05) is 12.1 Å². The lowest BCUT2D eigenvalue weighted by atomic mass is 10.3. The quantitative estimate of drug-likeness (QED) is 0.433. The Morgan fingerprint density at radius 3 is 2.52 bits per heavy atom. The van der Waals surface area contributed by atoms with E-state index in [0.29, 0.717) is 0 Å². The smallest absolute Gasteiger partial charge is 0.292 e. The molecule has 1 unspecified atom stereocenters. The summed E-state index contributed by atoms with van der Waals surface area (Å²) in [5.74, 6) is -0.322. The van der Waals surface area contributed by atoms with Crippen LogP contribution in [0, 0.1) is 10.1 Å². The van der Waals surface area contributed by atoms with Gasteiger partial charge in [0.1, 0.15) is 5.69 Å². The molecule has 1 aromatic carbocycles. The maximum atomic E-state index is 12.1. The molecular weight excluding hydrogens is 322 g/mol. The molecule has 1 heterocycles. The van der Waals surface area contributed by atoms with E-state index in [-0.39, 0.29) is 28.5 Å². The van der Waals surface area contributed by atoms with Gasteiger partial charge in [0.2, 0.25) is 10.0 Å². The minimum Gasteiger partial charge on any atom is -0.393 e. The summed E-state index contributed by atoms with van der Waals surface area (Å²) in [5, 5.41) is 10.6. The molecule has 0 aliphatic carbocycles. The fourth-order valence-corrected chi connectivity index (χ4v) is 5.13. The monoisotopic (exact) mass is 335 g/mol. The topological polar surface area (TPSA) is 149 Å². The highest BCUT2D eigenvalue weighted by Crippen LogP contribution is 2.25. The Kier molecular flexibility index (Phi) is 3.91. The number of rotatable bonds is 4. The van der Waals surface area contributed by atoms with Crippen LogP contribution in [-0.2, 0) is 19.9 Å². The third-order valence-electron chi connectivity index (χ3n) is 3.06. The molecule has 0 amide bonds. The van der Waals surface area contributed by atoms with Crippen molar-refractivity contribution in [3.63, 3.8) is 0 Å². The summed E-state index contributed by atoms with van der Waals surface area (Å²) < 4.78 is 49.1. The van der Waals surface area contributed by atoms with Gasteiger partial charge in [-0.2, -0.15) is 0 Å². The van der Waals surface area contributed by atoms with Crippen molar-refractivity contribution in [3.05, 3.63) is 28.3 Å². The lowest BCUT2D eigenvalue weighted by molar-refractivity contribution is -0.383. The fourth-order valence-electron chi connectivity index (χ4n) is 2.04. The molecule has 1 aliphatic heterocycles. The predicted octanol–water partition coefficient (Wildman–Crippen LogP) is -0.358. The van der Waals surface area contributed by atoms with Crippen LogP contribution in [0.3, 0.4) is 0 Å². The number of sulfone groups is 1. The van der Waals surface area contributed by atoms with Crippen molar-refractivity contribution in [1.29, 1.82) is 0 Å². The molecule has 1 fully saturated rings. The molecular formula is C10H13N3O6S2. The highest BCUT2D eigenvalue weighted by Gasteiger charge is 2.31. The molecule has 1 atom stereocenters. The second kappa shape index (κ2) is 5.24. The lowest BCUT2D eigenvalue weighted by Crippen LogP contribution is -2.35. The zero-order valence-electron chi connectivity index (χ0n) is 10.7. The first kappa shape index (κ1) is 15.7. The molecule has 2 rings (SSSR count). The van der Waals surface area contributed by atoms with Crippen LogP contribution in [0.5, 0.6) is 0 Å². The largest absolute Gasteiger partial charge is 0.393 e. The van der Waals surface area contributed by atoms with Gasteiger partial charge in [0.15, 0.2) is 9.84 Å². The van der Waals surface area contributed by atoms with E-state index in [1.54, 1.807) is 0 Å². The van der Waals surface area contributed by atoms with Crippen molar-refractivity contribution in [3.8, 4) is 0 Å². The van der Waals surface area contributed by atoms with Crippen molar-refractivity contribution < 1.29 is 21.8 Å². The number of nitrogens with two attached hydrogens (primary N) is 1. The predicted molar refractivity (Wildman–Crippen MR) is 74.9 cm³/mol. The first-order chi connectivity index (χ1) is 9.61. The fraction of sp³-hybridized carbons (Fsp3) is 0.400. The number of nitro benzene ring substituents is 1. The molecule has 1 aromatic rings. The number of nitrogens with one attached hydrogen (secondary N) is 1. The van der Waals surface area contributed by atoms with E-state index in [2.05, 4.69) is 4.72 Å². The summed E-state index contributed by atoms with van der Waals surface area (Å²) in [4.78, 5) is 9.67. The zero-order valence-corrected chi connectivity index (χ0v) is 12.4. The van der Waals surface area contributed by atoms with Crippen LogP contribution in [0.15, 0.2) is 23.1 Å². The van der Waals surface area contributed by atoms with Gasteiger partial charge in [-0.05, 0) is 18.6 Å². The average molecular weight is 335 g/mol. The molecule has 0 radical (unpaired) electrons. The molecule has 9 nitrogen and oxygen atoms in total. The van der Waals surface area contributed by atoms with Crippen molar-refractivity contribution >= 4 is 31.2 Å². The standard InChI is InChI=1S/C10H13N3O6S2/c11-9-5-8(1-2-10(9)13(14)15)21(18,19)12-7-3-4-20(16,17)6-7/h1-2,5,7,12H,3-4,6,11H2.